The number of rotatable bonds is 9. The van der Waals surface area contributed by atoms with Crippen LogP contribution in [0.25, 0.3) is 0 Å². The lowest BCUT2D eigenvalue weighted by atomic mass is 10.0. The molecule has 0 aliphatic rings. The van der Waals surface area contributed by atoms with E-state index in [1.165, 1.54) is 30.7 Å². The van der Waals surface area contributed by atoms with E-state index in [2.05, 4.69) is 13.8 Å². The fraction of sp³-hybridized carbons (Fsp3) is 0.381. The Morgan fingerprint density at radius 2 is 1.59 bits per heavy atom. The Labute approximate surface area is 199 Å². The number of hydrogen-bond acceptors (Lipinski definition) is 5. The van der Waals surface area contributed by atoms with Gasteiger partial charge in [0, 0.05) is 13.5 Å². The fourth-order valence-corrected chi connectivity index (χ4v) is 4.26. The first-order valence-corrected chi connectivity index (χ1v) is 11.9. The maximum atomic E-state index is 12.1. The minimum Gasteiger partial charge on any atom is -0.344 e. The third-order valence-corrected chi connectivity index (χ3v) is 6.83. The summed E-state index contributed by atoms with van der Waals surface area (Å²) in [6.07, 6.45) is -0.00585. The van der Waals surface area contributed by atoms with Gasteiger partial charge in [0.15, 0.2) is 0 Å². The summed E-state index contributed by atoms with van der Waals surface area (Å²) >= 11 is 11.9. The van der Waals surface area contributed by atoms with Crippen LogP contribution in [0.1, 0.15) is 55.5 Å². The Morgan fingerprint density at radius 1 is 1.03 bits per heavy atom. The third-order valence-electron chi connectivity index (χ3n) is 4.72. The Bertz CT molecular complexity index is 922. The molecule has 0 fully saturated rings. The quantitative estimate of drug-likeness (QED) is 0.238. The minimum absolute atomic E-state index is 0. The van der Waals surface area contributed by atoms with Crippen molar-refractivity contribution >= 4 is 36.7 Å². The van der Waals surface area contributed by atoms with Crippen LogP contribution in [0, 0.1) is 0 Å². The number of hydroxylamine groups is 2. The van der Waals surface area contributed by atoms with E-state index in [1.807, 2.05) is 24.3 Å². The van der Waals surface area contributed by atoms with Crippen LogP contribution >= 0.6 is 30.8 Å². The second-order valence-corrected chi connectivity index (χ2v) is 9.97. The largest absolute Gasteiger partial charge is 0.344 e. The summed E-state index contributed by atoms with van der Waals surface area (Å²) in [7, 11) is -4.51. The smallest absolute Gasteiger partial charge is 0.333 e. The van der Waals surface area contributed by atoms with Crippen LogP contribution in [0.15, 0.2) is 42.5 Å². The lowest BCUT2D eigenvalue weighted by Gasteiger charge is -2.25. The number of carbonyl (C=O) groups excluding carboxylic acids is 1. The van der Waals surface area contributed by atoms with E-state index < -0.39 is 13.3 Å². The molecule has 0 radical (unpaired) electrons. The highest BCUT2D eigenvalue weighted by Crippen LogP contribution is 2.54. The maximum absolute atomic E-state index is 12.1. The zero-order valence-electron chi connectivity index (χ0n) is 18.5. The van der Waals surface area contributed by atoms with Crippen molar-refractivity contribution < 1.29 is 24.0 Å². The van der Waals surface area contributed by atoms with Gasteiger partial charge in [-0.05, 0) is 41.2 Å². The summed E-state index contributed by atoms with van der Waals surface area (Å²) in [4.78, 5) is 37.2. The molecule has 1 atom stereocenters. The molecule has 2 aromatic rings. The summed E-state index contributed by atoms with van der Waals surface area (Å²) in [6.45, 7) is 5.73. The second-order valence-electron chi connectivity index (χ2n) is 7.36. The van der Waals surface area contributed by atoms with Crippen LogP contribution in [0.3, 0.4) is 0 Å². The van der Waals surface area contributed by atoms with Crippen LogP contribution < -0.4 is 12.3 Å². The predicted octanol–water partition coefficient (Wildman–Crippen LogP) is 6.03. The highest BCUT2D eigenvalue weighted by Gasteiger charge is 2.31. The second kappa shape index (κ2) is 13.3. The third kappa shape index (κ3) is 8.81. The molecular weight excluding hydrogens is 476 g/mol. The number of amides is 1. The molecule has 0 heterocycles. The van der Waals surface area contributed by atoms with E-state index in [9.17, 15) is 19.1 Å². The number of carbonyl (C=O) groups is 1. The summed E-state index contributed by atoms with van der Waals surface area (Å²) in [5.74, 6) is 0.0621. The highest BCUT2D eigenvalue weighted by molar-refractivity contribution is 7.52. The fourth-order valence-electron chi connectivity index (χ4n) is 2.95. The van der Waals surface area contributed by atoms with Crippen LogP contribution in [0.4, 0.5) is 0 Å². The van der Waals surface area contributed by atoms with Gasteiger partial charge in [0.2, 0.25) is 5.91 Å². The molecule has 1 amide bonds. The monoisotopic (exact) mass is 507 g/mol. The lowest BCUT2D eigenvalue weighted by molar-refractivity contribution is -0.189. The average molecular weight is 508 g/mol. The topological polar surface area (TPSA) is 157 Å². The molecule has 1 unspecified atom stereocenters. The van der Waals surface area contributed by atoms with Crippen LogP contribution in [0.5, 0.6) is 0 Å². The molecule has 0 aliphatic carbocycles. The molecule has 32 heavy (non-hydrogen) atoms. The van der Waals surface area contributed by atoms with Gasteiger partial charge < -0.3 is 22.1 Å². The number of hydrogen-bond donors (Lipinski definition) is 4. The summed E-state index contributed by atoms with van der Waals surface area (Å²) in [6, 6.07) is 12.3. The van der Waals surface area contributed by atoms with Crippen molar-refractivity contribution in [3.8, 4) is 0 Å². The first-order valence-electron chi connectivity index (χ1n) is 9.49. The molecule has 2 rings (SSSR count). The minimum atomic E-state index is -4.51. The van der Waals surface area contributed by atoms with Crippen molar-refractivity contribution in [1.82, 2.24) is 17.4 Å². The Hall–Kier alpha value is -1.48. The van der Waals surface area contributed by atoms with Crippen LogP contribution in [-0.4, -0.2) is 27.3 Å². The summed E-state index contributed by atoms with van der Waals surface area (Å²) < 4.78 is 12.1. The molecule has 11 heteroatoms. The Kier molecular flexibility index (Phi) is 12.7. The van der Waals surface area contributed by atoms with E-state index >= 15 is 0 Å². The van der Waals surface area contributed by atoms with Gasteiger partial charge in [0.25, 0.3) is 0 Å². The van der Waals surface area contributed by atoms with Gasteiger partial charge in [-0.2, -0.15) is 0 Å². The molecule has 0 aliphatic heterocycles. The van der Waals surface area contributed by atoms with Crippen molar-refractivity contribution in [1.29, 1.82) is 0 Å². The zero-order chi connectivity index (χ0) is 22.5. The molecule has 0 aromatic heterocycles. The zero-order valence-corrected chi connectivity index (χ0v) is 20.9. The molecule has 180 valence electrons. The van der Waals surface area contributed by atoms with Crippen molar-refractivity contribution in [3.05, 3.63) is 69.2 Å². The summed E-state index contributed by atoms with van der Waals surface area (Å²) in [5, 5.41) is 1.62. The standard InChI is InChI=1S/C21H26Cl2NO5P.2H3N/c1-14(2)17-6-4-16(5-7-17)13-29-24(15(3)25)11-10-21(30(26,27)28)18-8-9-19(22)20(23)12-18;;/h4-9,12,14,21H,10-11,13H2,1-3H3,(H2,26,27,28);2*1H3. The van der Waals surface area contributed by atoms with Gasteiger partial charge in [-0.25, -0.2) is 5.06 Å². The van der Waals surface area contributed by atoms with Crippen molar-refractivity contribution in [2.75, 3.05) is 6.54 Å². The number of nitrogens with zero attached hydrogens (tertiary/aromatic N) is 1. The first-order chi connectivity index (χ1) is 14.0. The van der Waals surface area contributed by atoms with Gasteiger partial charge >= 0.3 is 7.60 Å². The van der Waals surface area contributed by atoms with Crippen molar-refractivity contribution in [2.45, 2.75) is 45.4 Å². The molecular formula is C21H32Cl2N3O5P. The molecule has 0 spiro atoms. The molecule has 0 saturated heterocycles. The molecule has 8 nitrogen and oxygen atoms in total. The van der Waals surface area contributed by atoms with Crippen molar-refractivity contribution in [2.24, 2.45) is 0 Å². The van der Waals surface area contributed by atoms with E-state index in [0.29, 0.717) is 16.5 Å². The lowest BCUT2D eigenvalue weighted by Crippen LogP contribution is -2.30. The van der Waals surface area contributed by atoms with Gasteiger partial charge in [-0.15, -0.1) is 0 Å². The van der Waals surface area contributed by atoms with Crippen LogP contribution in [-0.2, 0) is 20.8 Å². The summed E-state index contributed by atoms with van der Waals surface area (Å²) in [5.41, 5.74) is 1.31. The van der Waals surface area contributed by atoms with Gasteiger partial charge in [0.05, 0.1) is 15.7 Å². The van der Waals surface area contributed by atoms with Crippen molar-refractivity contribution in [3.63, 3.8) is 0 Å². The van der Waals surface area contributed by atoms with E-state index in [1.54, 1.807) is 0 Å². The highest BCUT2D eigenvalue weighted by atomic mass is 35.5. The normalized spacial score (nSPS) is 12.0. The van der Waals surface area contributed by atoms with E-state index in [-0.39, 0.29) is 42.8 Å². The molecule has 2 aromatic carbocycles. The predicted molar refractivity (Wildman–Crippen MR) is 129 cm³/mol. The number of benzene rings is 2. The van der Waals surface area contributed by atoms with Crippen LogP contribution in [0.2, 0.25) is 10.0 Å². The molecule has 8 N–H and O–H groups in total. The molecule has 0 bridgehead atoms. The van der Waals surface area contributed by atoms with Gasteiger partial charge in [-0.1, -0.05) is 67.4 Å². The van der Waals surface area contributed by atoms with Gasteiger partial charge in [-0.3, -0.25) is 14.2 Å². The van der Waals surface area contributed by atoms with E-state index in [4.69, 9.17) is 28.0 Å². The van der Waals surface area contributed by atoms with Gasteiger partial charge in [0.1, 0.15) is 6.61 Å². The number of halogens is 2. The average Bonchev–Trinajstić information content (AvgIpc) is 2.66. The molecule has 0 saturated carbocycles. The Balaban J connectivity index is 0.00000480. The maximum Gasteiger partial charge on any atom is 0.333 e. The first kappa shape index (κ1) is 30.5. The van der Waals surface area contributed by atoms with E-state index in [0.717, 1.165) is 10.6 Å². The SMILES string of the molecule is CC(=O)N(CCC(c1ccc(Cl)c(Cl)c1)P(=O)(O)O)OCc1ccc(C(C)C)cc1.N.N. The Morgan fingerprint density at radius 3 is 2.06 bits per heavy atom.